The number of amides is 2. The number of fused-ring (bicyclic) bond motifs is 1. The van der Waals surface area contributed by atoms with Gasteiger partial charge in [0.2, 0.25) is 5.91 Å². The molecule has 2 amide bonds. The van der Waals surface area contributed by atoms with E-state index in [9.17, 15) is 9.59 Å². The van der Waals surface area contributed by atoms with Gasteiger partial charge in [0.1, 0.15) is 23.1 Å². The van der Waals surface area contributed by atoms with Crippen molar-refractivity contribution in [1.82, 2.24) is 24.6 Å². The second-order valence-corrected chi connectivity index (χ2v) is 9.07. The molecule has 3 N–H and O–H groups in total. The predicted octanol–water partition coefficient (Wildman–Crippen LogP) is 4.21. The molecular formula is C27H26FN7O2. The maximum atomic E-state index is 15.4. The van der Waals surface area contributed by atoms with E-state index in [0.29, 0.717) is 41.1 Å². The van der Waals surface area contributed by atoms with Crippen LogP contribution in [-0.2, 0) is 4.79 Å². The lowest BCUT2D eigenvalue weighted by atomic mass is 10.0. The number of carbonyl (C=O) groups excluding carboxylic acids is 2. The lowest BCUT2D eigenvalue weighted by molar-refractivity contribution is -0.128. The van der Waals surface area contributed by atoms with Gasteiger partial charge in [-0.1, -0.05) is 12.6 Å². The zero-order valence-corrected chi connectivity index (χ0v) is 20.3. The summed E-state index contributed by atoms with van der Waals surface area (Å²) >= 11 is 0. The molecule has 3 aromatic heterocycles. The number of nitrogens with two attached hydrogens (primary N) is 1. The maximum Gasteiger partial charge on any atom is 0.256 e. The van der Waals surface area contributed by atoms with E-state index in [-0.39, 0.29) is 28.9 Å². The van der Waals surface area contributed by atoms with Crippen molar-refractivity contribution in [2.24, 2.45) is 0 Å². The van der Waals surface area contributed by atoms with Crippen LogP contribution in [0.2, 0.25) is 0 Å². The van der Waals surface area contributed by atoms with Gasteiger partial charge in [0.05, 0.1) is 16.9 Å². The number of nitrogens with one attached hydrogen (secondary N) is 1. The average molecular weight is 500 g/mol. The minimum Gasteiger partial charge on any atom is -0.383 e. The van der Waals surface area contributed by atoms with E-state index in [2.05, 4.69) is 21.9 Å². The first-order valence-corrected chi connectivity index (χ1v) is 11.9. The van der Waals surface area contributed by atoms with Gasteiger partial charge in [-0.3, -0.25) is 14.3 Å². The molecule has 1 saturated heterocycles. The number of benzene rings is 1. The second-order valence-electron chi connectivity index (χ2n) is 9.07. The van der Waals surface area contributed by atoms with Crippen LogP contribution in [0.1, 0.15) is 36.2 Å². The fourth-order valence-electron chi connectivity index (χ4n) is 4.66. The monoisotopic (exact) mass is 499 g/mol. The molecule has 1 aromatic carbocycles. The number of nitrogens with zero attached hydrogens (tertiary/aromatic N) is 5. The van der Waals surface area contributed by atoms with Crippen molar-refractivity contribution in [3.63, 3.8) is 0 Å². The zero-order chi connectivity index (χ0) is 26.1. The number of anilines is 2. The predicted molar refractivity (Wildman–Crippen MR) is 139 cm³/mol. The van der Waals surface area contributed by atoms with Gasteiger partial charge in [0.25, 0.3) is 5.91 Å². The Labute approximate surface area is 212 Å². The molecule has 9 nitrogen and oxygen atoms in total. The summed E-state index contributed by atoms with van der Waals surface area (Å²) in [5, 5.41) is 7.94. The van der Waals surface area contributed by atoms with Crippen molar-refractivity contribution < 1.29 is 14.0 Å². The zero-order valence-electron chi connectivity index (χ0n) is 20.3. The minimum absolute atomic E-state index is 0.0896. The summed E-state index contributed by atoms with van der Waals surface area (Å²) in [5.41, 5.74) is 8.09. The molecule has 10 heteroatoms. The Morgan fingerprint density at radius 2 is 2.00 bits per heavy atom. The summed E-state index contributed by atoms with van der Waals surface area (Å²) < 4.78 is 17.2. The standard InChI is InChI=1S/C27H26FN7O2/c1-16(2)27(37)34-13-5-6-18(15-34)35-21-10-12-31-25(29)23(21)24(33-35)19-9-8-17(14-20(19)28)26(36)32-22-7-3-4-11-30-22/h3-4,7-12,14,18H,1,5-6,13,15H2,2H3,(H2,29,31)(H,30,32,36). The molecule has 1 aliphatic rings. The van der Waals surface area contributed by atoms with E-state index >= 15 is 4.39 Å². The number of aromatic nitrogens is 4. The third-order valence-electron chi connectivity index (χ3n) is 6.44. The SMILES string of the molecule is C=C(C)C(=O)N1CCCC(n2nc(-c3ccc(C(=O)Nc4ccccn4)cc3F)c3c(N)nccc32)C1. The Morgan fingerprint density at radius 3 is 2.73 bits per heavy atom. The van der Waals surface area contributed by atoms with Gasteiger partial charge >= 0.3 is 0 Å². The number of pyridine rings is 2. The Kier molecular flexibility index (Phi) is 6.39. The number of hydrogen-bond donors (Lipinski definition) is 2. The molecule has 0 spiro atoms. The summed E-state index contributed by atoms with van der Waals surface area (Å²) in [4.78, 5) is 35.2. The van der Waals surface area contributed by atoms with Crippen molar-refractivity contribution in [1.29, 1.82) is 0 Å². The molecule has 188 valence electrons. The van der Waals surface area contributed by atoms with Crippen LogP contribution in [0.15, 0.2) is 67.0 Å². The average Bonchev–Trinajstić information content (AvgIpc) is 3.29. The van der Waals surface area contributed by atoms with E-state index < -0.39 is 11.7 Å². The lowest BCUT2D eigenvalue weighted by Crippen LogP contribution is -2.41. The van der Waals surface area contributed by atoms with Crippen molar-refractivity contribution in [2.45, 2.75) is 25.8 Å². The Balaban J connectivity index is 1.51. The highest BCUT2D eigenvalue weighted by Gasteiger charge is 2.29. The molecule has 0 radical (unpaired) electrons. The molecule has 5 rings (SSSR count). The highest BCUT2D eigenvalue weighted by Crippen LogP contribution is 2.36. The van der Waals surface area contributed by atoms with Crippen LogP contribution in [0.5, 0.6) is 0 Å². The van der Waals surface area contributed by atoms with Crippen LogP contribution in [0.4, 0.5) is 16.0 Å². The first-order chi connectivity index (χ1) is 17.8. The normalized spacial score (nSPS) is 15.5. The summed E-state index contributed by atoms with van der Waals surface area (Å²) in [5.74, 6) is -0.599. The Bertz CT molecular complexity index is 1520. The van der Waals surface area contributed by atoms with Crippen LogP contribution < -0.4 is 11.1 Å². The molecule has 4 heterocycles. The van der Waals surface area contributed by atoms with E-state index in [1.54, 1.807) is 48.5 Å². The van der Waals surface area contributed by atoms with E-state index in [1.165, 1.54) is 18.2 Å². The third kappa shape index (κ3) is 4.65. The molecule has 37 heavy (non-hydrogen) atoms. The van der Waals surface area contributed by atoms with Crippen LogP contribution in [0.25, 0.3) is 22.2 Å². The highest BCUT2D eigenvalue weighted by atomic mass is 19.1. The number of likely N-dealkylation sites (tertiary alicyclic amines) is 1. The van der Waals surface area contributed by atoms with Crippen molar-refractivity contribution >= 4 is 34.4 Å². The lowest BCUT2D eigenvalue weighted by Gasteiger charge is -2.33. The molecule has 0 aliphatic carbocycles. The minimum atomic E-state index is -0.619. The molecule has 0 bridgehead atoms. The van der Waals surface area contributed by atoms with Crippen molar-refractivity contribution in [2.75, 3.05) is 24.1 Å². The van der Waals surface area contributed by atoms with Gasteiger partial charge in [-0.15, -0.1) is 0 Å². The number of carbonyl (C=O) groups is 2. The number of piperidine rings is 1. The first kappa shape index (κ1) is 24.1. The molecular weight excluding hydrogens is 473 g/mol. The fourth-order valence-corrected chi connectivity index (χ4v) is 4.66. The van der Waals surface area contributed by atoms with E-state index in [1.807, 2.05) is 4.68 Å². The van der Waals surface area contributed by atoms with Gasteiger partial charge in [-0.2, -0.15) is 5.10 Å². The Hall–Kier alpha value is -4.60. The first-order valence-electron chi connectivity index (χ1n) is 11.9. The van der Waals surface area contributed by atoms with E-state index in [4.69, 9.17) is 10.8 Å². The topological polar surface area (TPSA) is 119 Å². The quantitative estimate of drug-likeness (QED) is 0.397. The number of halogens is 1. The third-order valence-corrected chi connectivity index (χ3v) is 6.44. The fraction of sp³-hybridized carbons (Fsp3) is 0.222. The number of nitrogen functional groups attached to an aromatic ring is 1. The van der Waals surface area contributed by atoms with Crippen LogP contribution in [0, 0.1) is 5.82 Å². The van der Waals surface area contributed by atoms with Crippen molar-refractivity contribution in [3.8, 4) is 11.3 Å². The molecule has 0 saturated carbocycles. The van der Waals surface area contributed by atoms with Crippen molar-refractivity contribution in [3.05, 3.63) is 78.4 Å². The summed E-state index contributed by atoms with van der Waals surface area (Å²) in [6.45, 7) is 6.58. The van der Waals surface area contributed by atoms with Gasteiger partial charge < -0.3 is 16.0 Å². The van der Waals surface area contributed by atoms with E-state index in [0.717, 1.165) is 12.8 Å². The Morgan fingerprint density at radius 1 is 1.16 bits per heavy atom. The van der Waals surface area contributed by atoms with Crippen LogP contribution in [0.3, 0.4) is 0 Å². The summed E-state index contributed by atoms with van der Waals surface area (Å²) in [6.07, 6.45) is 4.74. The van der Waals surface area contributed by atoms with Gasteiger partial charge in [-0.05, 0) is 56.2 Å². The summed E-state index contributed by atoms with van der Waals surface area (Å²) in [7, 11) is 0. The highest BCUT2D eigenvalue weighted by molar-refractivity contribution is 6.05. The molecule has 1 atom stereocenters. The maximum absolute atomic E-state index is 15.4. The number of rotatable bonds is 5. The molecule has 1 unspecified atom stereocenters. The molecule has 1 fully saturated rings. The molecule has 1 aliphatic heterocycles. The number of hydrogen-bond acceptors (Lipinski definition) is 6. The second kappa shape index (κ2) is 9.81. The molecule has 4 aromatic rings. The van der Waals surface area contributed by atoms with Gasteiger partial charge in [0, 0.05) is 42.2 Å². The van der Waals surface area contributed by atoms with Crippen LogP contribution >= 0.6 is 0 Å². The summed E-state index contributed by atoms with van der Waals surface area (Å²) in [6, 6.07) is 11.0. The smallest absolute Gasteiger partial charge is 0.256 e. The van der Waals surface area contributed by atoms with Gasteiger partial charge in [0.15, 0.2) is 0 Å². The largest absolute Gasteiger partial charge is 0.383 e. The van der Waals surface area contributed by atoms with Crippen LogP contribution in [-0.4, -0.2) is 49.6 Å². The van der Waals surface area contributed by atoms with Gasteiger partial charge in [-0.25, -0.2) is 14.4 Å².